The number of piperidine rings is 1. The molecular formula is C25H28N4OS2. The van der Waals surface area contributed by atoms with E-state index in [0.29, 0.717) is 5.92 Å². The van der Waals surface area contributed by atoms with E-state index in [1.807, 2.05) is 6.07 Å². The Morgan fingerprint density at radius 1 is 1.03 bits per heavy atom. The number of oxazole rings is 1. The average Bonchev–Trinajstić information content (AvgIpc) is 3.61. The molecule has 166 valence electrons. The van der Waals surface area contributed by atoms with E-state index in [1.165, 1.54) is 34.9 Å². The predicted molar refractivity (Wildman–Crippen MR) is 135 cm³/mol. The van der Waals surface area contributed by atoms with Gasteiger partial charge in [-0.25, -0.2) is 4.98 Å². The van der Waals surface area contributed by atoms with Crippen molar-refractivity contribution in [1.82, 2.24) is 15.3 Å². The summed E-state index contributed by atoms with van der Waals surface area (Å²) in [5, 5.41) is 13.2. The van der Waals surface area contributed by atoms with Gasteiger partial charge in [0, 0.05) is 17.1 Å². The zero-order valence-corrected chi connectivity index (χ0v) is 19.6. The SMILES string of the molecule is NCCc1ccsc1.c1cc(Cc2nc3c(ccc4[nH]cc(C5CCNCC5)c43)o2)cs1. The van der Waals surface area contributed by atoms with E-state index in [9.17, 15) is 0 Å². The molecule has 32 heavy (non-hydrogen) atoms. The number of nitrogens with two attached hydrogens (primary N) is 1. The third kappa shape index (κ3) is 4.66. The fourth-order valence-electron chi connectivity index (χ4n) is 4.38. The van der Waals surface area contributed by atoms with Crippen molar-refractivity contribution in [3.63, 3.8) is 0 Å². The molecule has 7 heteroatoms. The van der Waals surface area contributed by atoms with Gasteiger partial charge in [0.1, 0.15) is 5.52 Å². The lowest BCUT2D eigenvalue weighted by Gasteiger charge is -2.22. The molecule has 0 saturated carbocycles. The van der Waals surface area contributed by atoms with Crippen molar-refractivity contribution in [3.05, 3.63) is 74.6 Å². The van der Waals surface area contributed by atoms with Crippen LogP contribution >= 0.6 is 22.7 Å². The minimum Gasteiger partial charge on any atom is -0.440 e. The van der Waals surface area contributed by atoms with Crippen LogP contribution in [0.2, 0.25) is 0 Å². The molecule has 1 saturated heterocycles. The third-order valence-electron chi connectivity index (χ3n) is 6.00. The smallest absolute Gasteiger partial charge is 0.199 e. The lowest BCUT2D eigenvalue weighted by Crippen LogP contribution is -2.26. The summed E-state index contributed by atoms with van der Waals surface area (Å²) >= 11 is 3.43. The Morgan fingerprint density at radius 3 is 2.53 bits per heavy atom. The lowest BCUT2D eigenvalue weighted by molar-refractivity contribution is 0.462. The second-order valence-electron chi connectivity index (χ2n) is 8.19. The molecule has 0 atom stereocenters. The van der Waals surface area contributed by atoms with Gasteiger partial charge in [0.05, 0.1) is 6.42 Å². The van der Waals surface area contributed by atoms with Crippen LogP contribution in [0.15, 0.2) is 56.4 Å². The van der Waals surface area contributed by atoms with Crippen LogP contribution in [0.3, 0.4) is 0 Å². The molecule has 0 bridgehead atoms. The van der Waals surface area contributed by atoms with Crippen molar-refractivity contribution in [3.8, 4) is 0 Å². The third-order valence-corrected chi connectivity index (χ3v) is 7.47. The molecule has 1 aromatic carbocycles. The van der Waals surface area contributed by atoms with Crippen LogP contribution in [-0.2, 0) is 12.8 Å². The topological polar surface area (TPSA) is 79.9 Å². The molecule has 5 aromatic rings. The largest absolute Gasteiger partial charge is 0.440 e. The Labute approximate surface area is 195 Å². The molecule has 0 aliphatic carbocycles. The Balaban J connectivity index is 0.000000230. The maximum atomic E-state index is 6.03. The highest BCUT2D eigenvalue weighted by molar-refractivity contribution is 7.08. The first kappa shape index (κ1) is 21.4. The van der Waals surface area contributed by atoms with E-state index in [2.05, 4.69) is 56.2 Å². The highest BCUT2D eigenvalue weighted by Gasteiger charge is 2.21. The van der Waals surface area contributed by atoms with Crippen LogP contribution in [0.25, 0.3) is 22.0 Å². The van der Waals surface area contributed by atoms with Gasteiger partial charge >= 0.3 is 0 Å². The summed E-state index contributed by atoms with van der Waals surface area (Å²) in [6.07, 6.45) is 6.31. The molecule has 4 aromatic heterocycles. The van der Waals surface area contributed by atoms with Crippen LogP contribution < -0.4 is 11.1 Å². The van der Waals surface area contributed by atoms with E-state index in [0.717, 1.165) is 55.0 Å². The number of nitrogens with zero attached hydrogens (tertiary/aromatic N) is 1. The summed E-state index contributed by atoms with van der Waals surface area (Å²) in [4.78, 5) is 8.28. The molecular weight excluding hydrogens is 436 g/mol. The zero-order valence-electron chi connectivity index (χ0n) is 18.0. The molecule has 0 radical (unpaired) electrons. The Hall–Kier alpha value is -2.45. The molecule has 1 aliphatic heterocycles. The van der Waals surface area contributed by atoms with Crippen molar-refractivity contribution >= 4 is 44.7 Å². The van der Waals surface area contributed by atoms with Crippen molar-refractivity contribution in [2.75, 3.05) is 19.6 Å². The summed E-state index contributed by atoms with van der Waals surface area (Å²) < 4.78 is 6.03. The summed E-state index contributed by atoms with van der Waals surface area (Å²) in [6.45, 7) is 2.95. The lowest BCUT2D eigenvalue weighted by atomic mass is 9.90. The molecule has 4 N–H and O–H groups in total. The van der Waals surface area contributed by atoms with Gasteiger partial charge in [-0.1, -0.05) is 0 Å². The number of rotatable bonds is 5. The van der Waals surface area contributed by atoms with Crippen LogP contribution in [-0.4, -0.2) is 29.6 Å². The van der Waals surface area contributed by atoms with E-state index in [4.69, 9.17) is 15.1 Å². The summed E-state index contributed by atoms with van der Waals surface area (Å²) in [5.74, 6) is 1.40. The molecule has 0 unspecified atom stereocenters. The number of hydrogen-bond donors (Lipinski definition) is 3. The Kier molecular flexibility index (Phi) is 6.69. The van der Waals surface area contributed by atoms with Gasteiger partial charge in [0.15, 0.2) is 11.5 Å². The Bertz CT molecular complexity index is 1250. The Morgan fingerprint density at radius 2 is 1.81 bits per heavy atom. The molecule has 1 fully saturated rings. The summed E-state index contributed by atoms with van der Waals surface area (Å²) in [5.41, 5.74) is 12.4. The van der Waals surface area contributed by atoms with Gasteiger partial charge in [0.25, 0.3) is 0 Å². The van der Waals surface area contributed by atoms with Gasteiger partial charge in [-0.15, -0.1) is 0 Å². The van der Waals surface area contributed by atoms with Crippen LogP contribution in [0.5, 0.6) is 0 Å². The predicted octanol–water partition coefficient (Wildman–Crippen LogP) is 5.68. The van der Waals surface area contributed by atoms with Crippen LogP contribution in [0, 0.1) is 0 Å². The zero-order chi connectivity index (χ0) is 21.8. The van der Waals surface area contributed by atoms with Crippen molar-refractivity contribution in [1.29, 1.82) is 0 Å². The van der Waals surface area contributed by atoms with Crippen molar-refractivity contribution in [2.45, 2.75) is 31.6 Å². The number of aromatic amines is 1. The number of benzene rings is 1. The normalized spacial score (nSPS) is 14.7. The van der Waals surface area contributed by atoms with Gasteiger partial charge in [-0.3, -0.25) is 0 Å². The molecule has 6 rings (SSSR count). The van der Waals surface area contributed by atoms with Gasteiger partial charge in [0.2, 0.25) is 0 Å². The maximum absolute atomic E-state index is 6.03. The highest BCUT2D eigenvalue weighted by atomic mass is 32.1. The maximum Gasteiger partial charge on any atom is 0.199 e. The van der Waals surface area contributed by atoms with Crippen molar-refractivity contribution in [2.24, 2.45) is 5.73 Å². The standard InChI is InChI=1S/C19H19N3OS.C6H9NS/c1-2-16-19(22-17(23-16)9-12-5-8-24-11-12)18-14(10-21-15(1)18)13-3-6-20-7-4-13;7-3-1-6-2-4-8-5-6/h1-2,5,8,10-11,13,20-21H,3-4,6-7,9H2;2,4-5H,1,3,7H2. The minimum absolute atomic E-state index is 0.600. The number of fused-ring (bicyclic) bond motifs is 3. The minimum atomic E-state index is 0.600. The molecule has 0 amide bonds. The van der Waals surface area contributed by atoms with Gasteiger partial charge < -0.3 is 20.5 Å². The van der Waals surface area contributed by atoms with E-state index in [1.54, 1.807) is 22.7 Å². The van der Waals surface area contributed by atoms with E-state index in [-0.39, 0.29) is 0 Å². The van der Waals surface area contributed by atoms with E-state index < -0.39 is 0 Å². The number of nitrogens with one attached hydrogen (secondary N) is 2. The average molecular weight is 465 g/mol. The fraction of sp³-hybridized carbons (Fsp3) is 0.320. The number of aromatic nitrogens is 2. The molecule has 5 heterocycles. The van der Waals surface area contributed by atoms with E-state index >= 15 is 0 Å². The second-order valence-corrected chi connectivity index (χ2v) is 9.75. The summed E-state index contributed by atoms with van der Waals surface area (Å²) in [7, 11) is 0. The first-order valence-electron chi connectivity index (χ1n) is 11.1. The van der Waals surface area contributed by atoms with Gasteiger partial charge in [-0.05, 0) is 107 Å². The van der Waals surface area contributed by atoms with Crippen LogP contribution in [0.1, 0.15) is 41.3 Å². The quantitative estimate of drug-likeness (QED) is 0.313. The fourth-order valence-corrected chi connectivity index (χ4v) is 5.75. The number of H-pyrrole nitrogens is 1. The molecule has 1 aliphatic rings. The highest BCUT2D eigenvalue weighted by Crippen LogP contribution is 2.36. The second kappa shape index (κ2) is 10.0. The number of hydrogen-bond acceptors (Lipinski definition) is 6. The molecule has 5 nitrogen and oxygen atoms in total. The monoisotopic (exact) mass is 464 g/mol. The number of thiophene rings is 2. The first-order valence-corrected chi connectivity index (χ1v) is 13.0. The van der Waals surface area contributed by atoms with Crippen molar-refractivity contribution < 1.29 is 4.42 Å². The van der Waals surface area contributed by atoms with Gasteiger partial charge in [-0.2, -0.15) is 22.7 Å². The van der Waals surface area contributed by atoms with Crippen LogP contribution in [0.4, 0.5) is 0 Å². The summed E-state index contributed by atoms with van der Waals surface area (Å²) in [6, 6.07) is 8.38. The first-order chi connectivity index (χ1) is 15.8. The molecule has 0 spiro atoms.